The van der Waals surface area contributed by atoms with Gasteiger partial charge in [-0.1, -0.05) is 0 Å². The number of hydrogen-bond donors (Lipinski definition) is 1. The van der Waals surface area contributed by atoms with Crippen molar-refractivity contribution >= 4 is 11.9 Å². The number of aromatic nitrogens is 2. The Bertz CT molecular complexity index is 708. The Hall–Kier alpha value is -2.10. The maximum absolute atomic E-state index is 12.9. The smallest absolute Gasteiger partial charge is 0.446 e. The Morgan fingerprint density at radius 2 is 2.04 bits per heavy atom. The van der Waals surface area contributed by atoms with Crippen LogP contribution in [0.1, 0.15) is 45.4 Å². The highest BCUT2D eigenvalue weighted by atomic mass is 19.4. The van der Waals surface area contributed by atoms with Crippen molar-refractivity contribution in [1.29, 1.82) is 0 Å². The van der Waals surface area contributed by atoms with Gasteiger partial charge in [0.15, 0.2) is 0 Å². The van der Waals surface area contributed by atoms with Crippen molar-refractivity contribution in [1.82, 2.24) is 14.9 Å². The van der Waals surface area contributed by atoms with Crippen LogP contribution < -0.4 is 4.90 Å². The Morgan fingerprint density at radius 3 is 2.68 bits per heavy atom. The average molecular weight is 402 g/mol. The Morgan fingerprint density at radius 1 is 1.29 bits per heavy atom. The van der Waals surface area contributed by atoms with Crippen LogP contribution in [-0.4, -0.2) is 63.4 Å². The third-order valence-electron chi connectivity index (χ3n) is 4.98. The fourth-order valence-corrected chi connectivity index (χ4v) is 3.76. The molecule has 3 heterocycles. The van der Waals surface area contributed by atoms with Crippen LogP contribution in [0.25, 0.3) is 0 Å². The fourth-order valence-electron chi connectivity index (χ4n) is 3.76. The van der Waals surface area contributed by atoms with Gasteiger partial charge in [0.25, 0.3) is 0 Å². The maximum atomic E-state index is 12.9. The number of carbonyl (C=O) groups is 1. The molecule has 0 radical (unpaired) electrons. The van der Waals surface area contributed by atoms with Gasteiger partial charge in [0.05, 0.1) is 11.6 Å². The SMILES string of the molecule is CC(C)(O)CC1CCN(C2CCCN(c3ccnc(C(F)(F)F)n3)C2)C(=O)O1. The van der Waals surface area contributed by atoms with Crippen molar-refractivity contribution in [3.63, 3.8) is 0 Å². The summed E-state index contributed by atoms with van der Waals surface area (Å²) < 4.78 is 44.1. The Labute approximate surface area is 161 Å². The zero-order chi connectivity index (χ0) is 20.5. The number of cyclic esters (lactones) is 1. The van der Waals surface area contributed by atoms with E-state index < -0.39 is 23.7 Å². The minimum absolute atomic E-state index is 0.159. The van der Waals surface area contributed by atoms with Crippen LogP contribution in [0.3, 0.4) is 0 Å². The highest BCUT2D eigenvalue weighted by Crippen LogP contribution is 2.29. The molecule has 0 bridgehead atoms. The molecule has 1 aromatic rings. The van der Waals surface area contributed by atoms with Crippen LogP contribution in [0.5, 0.6) is 0 Å². The predicted octanol–water partition coefficient (Wildman–Crippen LogP) is 2.84. The minimum atomic E-state index is -4.60. The number of carbonyl (C=O) groups excluding carboxylic acids is 1. The lowest BCUT2D eigenvalue weighted by Gasteiger charge is -2.42. The van der Waals surface area contributed by atoms with Crippen LogP contribution in [0, 0.1) is 0 Å². The molecule has 7 nitrogen and oxygen atoms in total. The quantitative estimate of drug-likeness (QED) is 0.835. The van der Waals surface area contributed by atoms with E-state index in [0.29, 0.717) is 32.5 Å². The molecule has 0 spiro atoms. The summed E-state index contributed by atoms with van der Waals surface area (Å²) >= 11 is 0. The van der Waals surface area contributed by atoms with Crippen LogP contribution in [-0.2, 0) is 10.9 Å². The third-order valence-corrected chi connectivity index (χ3v) is 4.98. The summed E-state index contributed by atoms with van der Waals surface area (Å²) in [7, 11) is 0. The van der Waals surface area contributed by atoms with Gasteiger partial charge in [-0.25, -0.2) is 14.8 Å². The molecule has 0 aromatic carbocycles. The first-order chi connectivity index (χ1) is 13.0. The highest BCUT2D eigenvalue weighted by molar-refractivity contribution is 5.69. The first-order valence-electron chi connectivity index (χ1n) is 9.38. The van der Waals surface area contributed by atoms with Gasteiger partial charge in [0, 0.05) is 38.7 Å². The second kappa shape index (κ2) is 7.73. The molecule has 0 saturated carbocycles. The van der Waals surface area contributed by atoms with Gasteiger partial charge in [-0.2, -0.15) is 13.2 Å². The summed E-state index contributed by atoms with van der Waals surface area (Å²) in [5.41, 5.74) is -0.919. The van der Waals surface area contributed by atoms with Crippen LogP contribution >= 0.6 is 0 Å². The summed E-state index contributed by atoms with van der Waals surface area (Å²) in [6, 6.07) is 1.29. The third kappa shape index (κ3) is 5.03. The number of hydrogen-bond acceptors (Lipinski definition) is 6. The number of amides is 1. The lowest BCUT2D eigenvalue weighted by atomic mass is 9.97. The minimum Gasteiger partial charge on any atom is -0.446 e. The van der Waals surface area contributed by atoms with Crippen molar-refractivity contribution < 1.29 is 27.8 Å². The summed E-state index contributed by atoms with van der Waals surface area (Å²) in [6.07, 6.45) is -1.82. The highest BCUT2D eigenvalue weighted by Gasteiger charge is 2.38. The van der Waals surface area contributed by atoms with Gasteiger partial charge >= 0.3 is 12.3 Å². The van der Waals surface area contributed by atoms with E-state index in [9.17, 15) is 23.1 Å². The molecule has 2 saturated heterocycles. The largest absolute Gasteiger partial charge is 0.451 e. The monoisotopic (exact) mass is 402 g/mol. The van der Waals surface area contributed by atoms with E-state index in [4.69, 9.17) is 4.74 Å². The molecule has 2 atom stereocenters. The standard InChI is InChI=1S/C18H25F3N4O3/c1-17(2,27)10-13-6-9-25(16(26)28-13)12-4-3-8-24(11-12)14-5-7-22-15(23-14)18(19,20)21/h5,7,12-13,27H,3-4,6,8-11H2,1-2H3. The van der Waals surface area contributed by atoms with Gasteiger partial charge < -0.3 is 19.6 Å². The van der Waals surface area contributed by atoms with Gasteiger partial charge in [-0.3, -0.25) is 0 Å². The molecule has 156 valence electrons. The molecule has 1 N–H and O–H groups in total. The number of nitrogens with zero attached hydrogens (tertiary/aromatic N) is 4. The van der Waals surface area contributed by atoms with E-state index in [1.165, 1.54) is 6.07 Å². The second-order valence-corrected chi connectivity index (χ2v) is 7.98. The van der Waals surface area contributed by atoms with E-state index in [-0.39, 0.29) is 18.0 Å². The van der Waals surface area contributed by atoms with Crippen molar-refractivity contribution in [2.24, 2.45) is 0 Å². The normalized spacial score (nSPS) is 24.3. The topological polar surface area (TPSA) is 78.8 Å². The number of ether oxygens (including phenoxy) is 1. The zero-order valence-electron chi connectivity index (χ0n) is 15.9. The molecule has 10 heteroatoms. The Kier molecular flexibility index (Phi) is 5.69. The van der Waals surface area contributed by atoms with Gasteiger partial charge in [-0.05, 0) is 32.8 Å². The zero-order valence-corrected chi connectivity index (χ0v) is 15.9. The summed E-state index contributed by atoms with van der Waals surface area (Å²) in [5.74, 6) is -0.962. The lowest BCUT2D eigenvalue weighted by molar-refractivity contribution is -0.144. The molecule has 0 aliphatic carbocycles. The maximum Gasteiger partial charge on any atom is 0.451 e. The number of aliphatic hydroxyl groups is 1. The number of rotatable bonds is 4. The molecular weight excluding hydrogens is 377 g/mol. The Balaban J connectivity index is 1.65. The molecule has 28 heavy (non-hydrogen) atoms. The first-order valence-corrected chi connectivity index (χ1v) is 9.38. The van der Waals surface area contributed by atoms with Crippen molar-refractivity contribution in [3.05, 3.63) is 18.1 Å². The molecule has 3 rings (SSSR count). The number of halogens is 3. The molecule has 2 unspecified atom stereocenters. The summed E-state index contributed by atoms with van der Waals surface area (Å²) in [5, 5.41) is 9.91. The fraction of sp³-hybridized carbons (Fsp3) is 0.722. The van der Waals surface area contributed by atoms with Crippen LogP contribution in [0.15, 0.2) is 12.3 Å². The van der Waals surface area contributed by atoms with Gasteiger partial charge in [-0.15, -0.1) is 0 Å². The van der Waals surface area contributed by atoms with Gasteiger partial charge in [0.2, 0.25) is 5.82 Å². The first kappa shape index (κ1) is 20.6. The summed E-state index contributed by atoms with van der Waals surface area (Å²) in [6.45, 7) is 4.79. The average Bonchev–Trinajstić information content (AvgIpc) is 2.60. The molecule has 1 aromatic heterocycles. The van der Waals surface area contributed by atoms with Gasteiger partial charge in [0.1, 0.15) is 11.9 Å². The van der Waals surface area contributed by atoms with Crippen molar-refractivity contribution in [3.8, 4) is 0 Å². The predicted molar refractivity (Wildman–Crippen MR) is 94.8 cm³/mol. The van der Waals surface area contributed by atoms with E-state index in [2.05, 4.69) is 9.97 Å². The van der Waals surface area contributed by atoms with Crippen molar-refractivity contribution in [2.75, 3.05) is 24.5 Å². The molecule has 1 amide bonds. The second-order valence-electron chi connectivity index (χ2n) is 7.98. The number of piperidine rings is 1. The van der Waals surface area contributed by atoms with E-state index in [0.717, 1.165) is 19.0 Å². The molecule has 2 fully saturated rings. The number of anilines is 1. The van der Waals surface area contributed by atoms with Crippen LogP contribution in [0.4, 0.5) is 23.8 Å². The lowest BCUT2D eigenvalue weighted by Crippen LogP contribution is -2.54. The van der Waals surface area contributed by atoms with E-state index >= 15 is 0 Å². The number of alkyl halides is 3. The molecular formula is C18H25F3N4O3. The van der Waals surface area contributed by atoms with E-state index in [1.54, 1.807) is 23.6 Å². The van der Waals surface area contributed by atoms with E-state index in [1.807, 2.05) is 0 Å². The molecule has 2 aliphatic rings. The van der Waals surface area contributed by atoms with Crippen molar-refractivity contribution in [2.45, 2.75) is 63.5 Å². The molecule has 2 aliphatic heterocycles. The summed E-state index contributed by atoms with van der Waals surface area (Å²) in [4.78, 5) is 22.8. The van der Waals surface area contributed by atoms with Crippen LogP contribution in [0.2, 0.25) is 0 Å².